The lowest BCUT2D eigenvalue weighted by Crippen LogP contribution is -2.48. The highest BCUT2D eigenvalue weighted by Gasteiger charge is 2.43. The molecule has 2 fully saturated rings. The molecule has 6 nitrogen and oxygen atoms in total. The van der Waals surface area contributed by atoms with E-state index in [9.17, 15) is 0 Å². The van der Waals surface area contributed by atoms with Crippen molar-refractivity contribution >= 4 is 29.9 Å². The first-order valence-electron chi connectivity index (χ1n) is 9.20. The number of aryl methyl sites for hydroxylation is 1. The summed E-state index contributed by atoms with van der Waals surface area (Å²) in [5, 5.41) is 11.5. The Morgan fingerprint density at radius 2 is 2.04 bits per heavy atom. The van der Waals surface area contributed by atoms with Crippen LogP contribution in [0, 0.1) is 11.8 Å². The molecule has 0 spiro atoms. The van der Waals surface area contributed by atoms with Gasteiger partial charge in [0.1, 0.15) is 12.2 Å². The van der Waals surface area contributed by atoms with E-state index in [1.54, 1.807) is 6.33 Å². The van der Waals surface area contributed by atoms with Gasteiger partial charge in [-0.2, -0.15) is 5.10 Å². The molecule has 3 atom stereocenters. The second kappa shape index (κ2) is 8.01. The molecule has 1 aromatic rings. The molecule has 2 saturated carbocycles. The number of nitrogens with zero attached hydrogens (tertiary/aromatic N) is 4. The van der Waals surface area contributed by atoms with E-state index in [4.69, 9.17) is 0 Å². The highest BCUT2D eigenvalue weighted by Crippen LogP contribution is 2.44. The summed E-state index contributed by atoms with van der Waals surface area (Å²) >= 11 is 0. The van der Waals surface area contributed by atoms with Crippen LogP contribution in [-0.2, 0) is 13.0 Å². The number of rotatable bonds is 3. The summed E-state index contributed by atoms with van der Waals surface area (Å²) in [7, 11) is 1.87. The van der Waals surface area contributed by atoms with Crippen LogP contribution in [0.1, 0.15) is 50.8 Å². The largest absolute Gasteiger partial charge is 0.353 e. The van der Waals surface area contributed by atoms with Crippen molar-refractivity contribution in [3.05, 3.63) is 12.2 Å². The number of fused-ring (bicyclic) bond motifs is 1. The van der Waals surface area contributed by atoms with E-state index >= 15 is 0 Å². The van der Waals surface area contributed by atoms with Gasteiger partial charge in [-0.3, -0.25) is 4.99 Å². The Kier molecular flexibility index (Phi) is 5.99. The van der Waals surface area contributed by atoms with Gasteiger partial charge in [-0.1, -0.05) is 32.1 Å². The Morgan fingerprint density at radius 1 is 1.21 bits per heavy atom. The van der Waals surface area contributed by atoms with Crippen LogP contribution >= 0.6 is 24.0 Å². The molecule has 4 rings (SSSR count). The van der Waals surface area contributed by atoms with E-state index in [0.717, 1.165) is 43.0 Å². The molecule has 0 amide bonds. The first-order chi connectivity index (χ1) is 11.3. The summed E-state index contributed by atoms with van der Waals surface area (Å²) in [6, 6.07) is 1.03. The molecule has 134 valence electrons. The van der Waals surface area contributed by atoms with Crippen molar-refractivity contribution in [2.45, 2.75) is 70.0 Å². The Bertz CT molecular complexity index is 565. The van der Waals surface area contributed by atoms with Gasteiger partial charge < -0.3 is 10.6 Å². The number of hydrogen-bond donors (Lipinski definition) is 2. The first kappa shape index (κ1) is 17.9. The highest BCUT2D eigenvalue weighted by atomic mass is 127. The molecule has 24 heavy (non-hydrogen) atoms. The fourth-order valence-electron chi connectivity index (χ4n) is 4.36. The normalized spacial score (nSPS) is 30.2. The smallest absolute Gasteiger partial charge is 0.191 e. The van der Waals surface area contributed by atoms with Crippen molar-refractivity contribution in [2.24, 2.45) is 16.8 Å². The molecule has 0 radical (unpaired) electrons. The molecule has 1 aromatic heterocycles. The molecule has 2 N–H and O–H groups in total. The summed E-state index contributed by atoms with van der Waals surface area (Å²) in [4.78, 5) is 8.72. The Labute approximate surface area is 161 Å². The lowest BCUT2D eigenvalue weighted by molar-refractivity contribution is 0.315. The summed E-state index contributed by atoms with van der Waals surface area (Å²) in [6.45, 7) is 0.882. The molecular weight excluding hydrogens is 415 g/mol. The predicted molar refractivity (Wildman–Crippen MR) is 106 cm³/mol. The van der Waals surface area contributed by atoms with Crippen LogP contribution in [0.15, 0.2) is 11.3 Å². The zero-order valence-electron chi connectivity index (χ0n) is 14.4. The number of aromatic nitrogens is 3. The maximum absolute atomic E-state index is 4.43. The highest BCUT2D eigenvalue weighted by molar-refractivity contribution is 14.0. The van der Waals surface area contributed by atoms with Crippen LogP contribution in [0.4, 0.5) is 0 Å². The third-order valence-electron chi connectivity index (χ3n) is 5.79. The van der Waals surface area contributed by atoms with Gasteiger partial charge in [-0.25, -0.2) is 9.67 Å². The molecular formula is C17H29IN6. The Morgan fingerprint density at radius 3 is 2.83 bits per heavy atom. The number of guanidine groups is 1. The predicted octanol–water partition coefficient (Wildman–Crippen LogP) is 2.34. The summed E-state index contributed by atoms with van der Waals surface area (Å²) < 4.78 is 2.01. The number of aliphatic imine (C=N–C) groups is 1. The van der Waals surface area contributed by atoms with Crippen molar-refractivity contribution in [1.29, 1.82) is 0 Å². The van der Waals surface area contributed by atoms with Crippen LogP contribution in [0.25, 0.3) is 0 Å². The summed E-state index contributed by atoms with van der Waals surface area (Å²) in [5.41, 5.74) is 0. The summed E-state index contributed by atoms with van der Waals surface area (Å²) in [5.74, 6) is 3.89. The standard InChI is InChI=1S/C17H28N6.HI/c1-18-17(21-13-7-8-16-19-11-20-23(16)10-13)22-15-9-14(15)12-5-3-2-4-6-12;/h11-15H,2-10H2,1H3,(H2,18,21,22);1H. The Hall–Kier alpha value is -0.860. The quantitative estimate of drug-likeness (QED) is 0.427. The average Bonchev–Trinajstić information content (AvgIpc) is 3.20. The fourth-order valence-corrected chi connectivity index (χ4v) is 4.36. The molecule has 0 aromatic carbocycles. The van der Waals surface area contributed by atoms with Gasteiger partial charge in [-0.05, 0) is 24.7 Å². The lowest BCUT2D eigenvalue weighted by Gasteiger charge is -2.26. The maximum atomic E-state index is 4.43. The molecule has 7 heteroatoms. The molecule has 3 unspecified atom stereocenters. The van der Waals surface area contributed by atoms with Crippen LogP contribution in [0.5, 0.6) is 0 Å². The van der Waals surface area contributed by atoms with Gasteiger partial charge in [0.2, 0.25) is 0 Å². The molecule has 2 aliphatic carbocycles. The van der Waals surface area contributed by atoms with E-state index in [-0.39, 0.29) is 24.0 Å². The molecule has 2 heterocycles. The molecule has 1 aliphatic heterocycles. The summed E-state index contributed by atoms with van der Waals surface area (Å²) in [6.07, 6.45) is 12.2. The van der Waals surface area contributed by atoms with Crippen LogP contribution in [0.3, 0.4) is 0 Å². The number of halogens is 1. The van der Waals surface area contributed by atoms with E-state index in [0.29, 0.717) is 12.1 Å². The minimum Gasteiger partial charge on any atom is -0.353 e. The van der Waals surface area contributed by atoms with Gasteiger partial charge in [0.25, 0.3) is 0 Å². The van der Waals surface area contributed by atoms with Crippen molar-refractivity contribution < 1.29 is 0 Å². The van der Waals surface area contributed by atoms with Crippen LogP contribution in [0.2, 0.25) is 0 Å². The van der Waals surface area contributed by atoms with Gasteiger partial charge >= 0.3 is 0 Å². The maximum Gasteiger partial charge on any atom is 0.191 e. The zero-order chi connectivity index (χ0) is 15.6. The van der Waals surface area contributed by atoms with Crippen molar-refractivity contribution in [2.75, 3.05) is 7.05 Å². The first-order valence-corrected chi connectivity index (χ1v) is 9.20. The minimum absolute atomic E-state index is 0. The average molecular weight is 444 g/mol. The van der Waals surface area contributed by atoms with Crippen LogP contribution in [-0.4, -0.2) is 39.9 Å². The second-order valence-corrected chi connectivity index (χ2v) is 7.36. The van der Waals surface area contributed by atoms with Gasteiger partial charge in [-0.15, -0.1) is 24.0 Å². The minimum atomic E-state index is 0. The topological polar surface area (TPSA) is 67.1 Å². The molecule has 0 bridgehead atoms. The van der Waals surface area contributed by atoms with Gasteiger partial charge in [0, 0.05) is 25.6 Å². The van der Waals surface area contributed by atoms with Crippen molar-refractivity contribution in [1.82, 2.24) is 25.4 Å². The number of hydrogen-bond acceptors (Lipinski definition) is 3. The molecule has 3 aliphatic rings. The second-order valence-electron chi connectivity index (χ2n) is 7.36. The third-order valence-corrected chi connectivity index (χ3v) is 5.79. The van der Waals surface area contributed by atoms with Crippen molar-refractivity contribution in [3.8, 4) is 0 Å². The van der Waals surface area contributed by atoms with Crippen molar-refractivity contribution in [3.63, 3.8) is 0 Å². The van der Waals surface area contributed by atoms with Gasteiger partial charge in [0.05, 0.1) is 6.54 Å². The zero-order valence-corrected chi connectivity index (χ0v) is 16.8. The molecule has 0 saturated heterocycles. The number of nitrogens with one attached hydrogen (secondary N) is 2. The van der Waals surface area contributed by atoms with E-state index < -0.39 is 0 Å². The van der Waals surface area contributed by atoms with E-state index in [1.165, 1.54) is 38.5 Å². The monoisotopic (exact) mass is 444 g/mol. The lowest BCUT2D eigenvalue weighted by atomic mass is 9.85. The van der Waals surface area contributed by atoms with E-state index in [2.05, 4.69) is 25.7 Å². The fraction of sp³-hybridized carbons (Fsp3) is 0.824. The van der Waals surface area contributed by atoms with Gasteiger partial charge in [0.15, 0.2) is 5.96 Å². The Balaban J connectivity index is 0.00000169. The third kappa shape index (κ3) is 4.03. The van der Waals surface area contributed by atoms with E-state index in [1.807, 2.05) is 11.7 Å². The van der Waals surface area contributed by atoms with Crippen LogP contribution < -0.4 is 10.6 Å². The SMILES string of the molecule is CN=C(NC1CCc2ncnn2C1)NC1CC1C1CCCCC1.I.